The first kappa shape index (κ1) is 7.53. The average Bonchev–Trinajstić information content (AvgIpc) is 2.39. The molecule has 0 spiro atoms. The standard InChI is InChI=1S/C7H8N2O2/c1-5(2)6(10)11-7-8-3-4-9-7/h3-4H,1H2,2H3,(H,8,9). The fourth-order valence-corrected chi connectivity index (χ4v) is 0.482. The maximum absolute atomic E-state index is 10.8. The number of carbonyl (C=O) groups excluding carboxylic acids is 1. The first-order valence-electron chi connectivity index (χ1n) is 3.07. The second-order valence-corrected chi connectivity index (χ2v) is 2.06. The molecule has 0 saturated carbocycles. The molecule has 0 bridgehead atoms. The van der Waals surface area contributed by atoms with Crippen LogP contribution < -0.4 is 4.74 Å². The van der Waals surface area contributed by atoms with Crippen molar-refractivity contribution in [2.45, 2.75) is 6.92 Å². The van der Waals surface area contributed by atoms with Crippen molar-refractivity contribution >= 4 is 5.97 Å². The number of hydrogen-bond donors (Lipinski definition) is 1. The van der Waals surface area contributed by atoms with Crippen molar-refractivity contribution in [2.75, 3.05) is 0 Å². The normalized spacial score (nSPS) is 9.18. The Hall–Kier alpha value is -1.58. The minimum absolute atomic E-state index is 0.193. The van der Waals surface area contributed by atoms with E-state index in [0.717, 1.165) is 0 Å². The molecule has 0 aliphatic carbocycles. The van der Waals surface area contributed by atoms with Crippen LogP contribution in [0.3, 0.4) is 0 Å². The molecule has 4 nitrogen and oxygen atoms in total. The lowest BCUT2D eigenvalue weighted by atomic mass is 10.4. The summed E-state index contributed by atoms with van der Waals surface area (Å²) in [4.78, 5) is 17.2. The van der Waals surface area contributed by atoms with Gasteiger partial charge < -0.3 is 9.72 Å². The number of rotatable bonds is 2. The van der Waals surface area contributed by atoms with Crippen molar-refractivity contribution in [3.05, 3.63) is 24.5 Å². The van der Waals surface area contributed by atoms with Crippen LogP contribution in [0.15, 0.2) is 24.5 Å². The van der Waals surface area contributed by atoms with Crippen LogP contribution in [-0.2, 0) is 4.79 Å². The predicted molar refractivity (Wildman–Crippen MR) is 39.0 cm³/mol. The van der Waals surface area contributed by atoms with Crippen LogP contribution in [0.1, 0.15) is 6.92 Å². The lowest BCUT2D eigenvalue weighted by molar-refractivity contribution is -0.130. The molecule has 1 heterocycles. The SMILES string of the molecule is C=C(C)C(=O)Oc1ncc[nH]1. The number of imidazole rings is 1. The Balaban J connectivity index is 2.57. The Kier molecular flexibility index (Phi) is 2.06. The minimum Gasteiger partial charge on any atom is -0.389 e. The molecule has 0 amide bonds. The number of nitrogens with one attached hydrogen (secondary N) is 1. The van der Waals surface area contributed by atoms with Gasteiger partial charge in [0.1, 0.15) is 0 Å². The van der Waals surface area contributed by atoms with Crippen molar-refractivity contribution in [2.24, 2.45) is 0 Å². The molecule has 0 fully saturated rings. The van der Waals surface area contributed by atoms with Crippen LogP contribution in [0.2, 0.25) is 0 Å². The summed E-state index contributed by atoms with van der Waals surface area (Å²) in [5.41, 5.74) is 0.349. The van der Waals surface area contributed by atoms with Crippen molar-refractivity contribution < 1.29 is 9.53 Å². The predicted octanol–water partition coefficient (Wildman–Crippen LogP) is 0.891. The lowest BCUT2D eigenvalue weighted by Crippen LogP contribution is -2.08. The molecule has 1 aromatic rings. The summed E-state index contributed by atoms with van der Waals surface area (Å²) in [6.07, 6.45) is 3.07. The van der Waals surface area contributed by atoms with Crippen LogP contribution in [0, 0.1) is 0 Å². The zero-order valence-corrected chi connectivity index (χ0v) is 6.13. The number of hydrogen-bond acceptors (Lipinski definition) is 3. The first-order chi connectivity index (χ1) is 5.20. The van der Waals surface area contributed by atoms with Gasteiger partial charge in [-0.05, 0) is 6.92 Å². The van der Waals surface area contributed by atoms with E-state index in [4.69, 9.17) is 4.74 Å². The molecule has 0 aromatic carbocycles. The van der Waals surface area contributed by atoms with Crippen molar-refractivity contribution in [3.8, 4) is 6.01 Å². The van der Waals surface area contributed by atoms with Gasteiger partial charge in [0.15, 0.2) is 0 Å². The molecular formula is C7H8N2O2. The van der Waals surface area contributed by atoms with Gasteiger partial charge in [-0.2, -0.15) is 0 Å². The summed E-state index contributed by atoms with van der Waals surface area (Å²) >= 11 is 0. The molecule has 58 valence electrons. The van der Waals surface area contributed by atoms with E-state index in [1.54, 1.807) is 13.1 Å². The van der Waals surface area contributed by atoms with Crippen molar-refractivity contribution in [1.82, 2.24) is 9.97 Å². The van der Waals surface area contributed by atoms with Gasteiger partial charge in [0.05, 0.1) is 0 Å². The zero-order valence-electron chi connectivity index (χ0n) is 6.13. The van der Waals surface area contributed by atoms with E-state index in [1.165, 1.54) is 6.20 Å². The monoisotopic (exact) mass is 152 g/mol. The molecule has 1 N–H and O–H groups in total. The number of H-pyrrole nitrogens is 1. The Morgan fingerprint density at radius 3 is 3.00 bits per heavy atom. The molecule has 0 aliphatic heterocycles. The van der Waals surface area contributed by atoms with Crippen molar-refractivity contribution in [3.63, 3.8) is 0 Å². The Morgan fingerprint density at radius 1 is 1.82 bits per heavy atom. The summed E-state index contributed by atoms with van der Waals surface area (Å²) in [5, 5.41) is 0. The third kappa shape index (κ3) is 1.93. The van der Waals surface area contributed by atoms with E-state index in [0.29, 0.717) is 5.57 Å². The third-order valence-corrected chi connectivity index (χ3v) is 1.01. The maximum Gasteiger partial charge on any atom is 0.340 e. The van der Waals surface area contributed by atoms with Gasteiger partial charge in [-0.25, -0.2) is 9.78 Å². The topological polar surface area (TPSA) is 55.0 Å². The smallest absolute Gasteiger partial charge is 0.340 e. The molecule has 11 heavy (non-hydrogen) atoms. The highest BCUT2D eigenvalue weighted by Gasteiger charge is 2.05. The number of ether oxygens (including phenoxy) is 1. The van der Waals surface area contributed by atoms with Crippen LogP contribution in [-0.4, -0.2) is 15.9 Å². The second-order valence-electron chi connectivity index (χ2n) is 2.06. The van der Waals surface area contributed by atoms with Gasteiger partial charge in [-0.1, -0.05) is 6.58 Å². The van der Waals surface area contributed by atoms with E-state index < -0.39 is 5.97 Å². The van der Waals surface area contributed by atoms with Gasteiger partial charge >= 0.3 is 12.0 Å². The maximum atomic E-state index is 10.8. The molecule has 4 heteroatoms. The number of nitrogens with zero attached hydrogens (tertiary/aromatic N) is 1. The summed E-state index contributed by atoms with van der Waals surface area (Å²) in [6, 6.07) is 0.193. The van der Waals surface area contributed by atoms with Crippen LogP contribution in [0.4, 0.5) is 0 Å². The Morgan fingerprint density at radius 2 is 2.55 bits per heavy atom. The van der Waals surface area contributed by atoms with Gasteiger partial charge in [0.2, 0.25) is 0 Å². The van der Waals surface area contributed by atoms with Gasteiger partial charge in [0, 0.05) is 18.0 Å². The number of esters is 1. The van der Waals surface area contributed by atoms with Crippen LogP contribution in [0.25, 0.3) is 0 Å². The fraction of sp³-hybridized carbons (Fsp3) is 0.143. The number of aromatic amines is 1. The van der Waals surface area contributed by atoms with E-state index in [1.807, 2.05) is 0 Å². The van der Waals surface area contributed by atoms with E-state index in [2.05, 4.69) is 16.5 Å². The highest BCUT2D eigenvalue weighted by atomic mass is 16.5. The first-order valence-corrected chi connectivity index (χ1v) is 3.07. The van der Waals surface area contributed by atoms with Gasteiger partial charge in [-0.3, -0.25) is 0 Å². The van der Waals surface area contributed by atoms with Crippen LogP contribution in [0.5, 0.6) is 6.01 Å². The highest BCUT2D eigenvalue weighted by molar-refractivity contribution is 5.88. The second kappa shape index (κ2) is 3.01. The van der Waals surface area contributed by atoms with E-state index in [-0.39, 0.29) is 6.01 Å². The summed E-state index contributed by atoms with van der Waals surface area (Å²) in [5.74, 6) is -0.472. The fourth-order valence-electron chi connectivity index (χ4n) is 0.482. The number of aromatic nitrogens is 2. The van der Waals surface area contributed by atoms with Crippen LogP contribution >= 0.6 is 0 Å². The largest absolute Gasteiger partial charge is 0.389 e. The zero-order chi connectivity index (χ0) is 8.27. The van der Waals surface area contributed by atoms with Crippen molar-refractivity contribution in [1.29, 1.82) is 0 Å². The van der Waals surface area contributed by atoms with E-state index >= 15 is 0 Å². The minimum atomic E-state index is -0.472. The summed E-state index contributed by atoms with van der Waals surface area (Å²) in [6.45, 7) is 4.99. The molecule has 1 aromatic heterocycles. The molecule has 0 aliphatic rings. The third-order valence-electron chi connectivity index (χ3n) is 1.01. The Bertz CT molecular complexity index is 264. The molecular weight excluding hydrogens is 144 g/mol. The highest BCUT2D eigenvalue weighted by Crippen LogP contribution is 2.01. The molecule has 0 saturated heterocycles. The molecule has 0 radical (unpaired) electrons. The average molecular weight is 152 g/mol. The molecule has 0 unspecified atom stereocenters. The lowest BCUT2D eigenvalue weighted by Gasteiger charge is -1.96. The quantitative estimate of drug-likeness (QED) is 0.505. The summed E-state index contributed by atoms with van der Waals surface area (Å²) in [7, 11) is 0. The van der Waals surface area contributed by atoms with Gasteiger partial charge in [0.25, 0.3) is 0 Å². The molecule has 0 atom stereocenters. The summed E-state index contributed by atoms with van der Waals surface area (Å²) < 4.78 is 4.71. The van der Waals surface area contributed by atoms with Gasteiger partial charge in [-0.15, -0.1) is 0 Å². The number of carbonyl (C=O) groups is 1. The Labute approximate surface area is 63.9 Å². The molecule has 1 rings (SSSR count). The van der Waals surface area contributed by atoms with E-state index in [9.17, 15) is 4.79 Å².